The maximum atomic E-state index is 14.0. The first-order valence-corrected chi connectivity index (χ1v) is 12.5. The number of ether oxygens (including phenoxy) is 3. The number of aliphatic hydroxyl groups excluding tert-OH is 1. The van der Waals surface area contributed by atoms with Gasteiger partial charge in [0.05, 0.1) is 24.6 Å². The number of aromatic nitrogens is 1. The van der Waals surface area contributed by atoms with Crippen LogP contribution in [0.25, 0.3) is 5.69 Å². The fraction of sp³-hybridized carbons (Fsp3) is 0.393. The Labute approximate surface area is 209 Å². The van der Waals surface area contributed by atoms with Crippen LogP contribution in [0.2, 0.25) is 0 Å². The number of carbonyl (C=O) groups is 1. The Morgan fingerprint density at radius 1 is 1.11 bits per heavy atom. The summed E-state index contributed by atoms with van der Waals surface area (Å²) < 4.78 is 33.9. The molecule has 8 heteroatoms. The van der Waals surface area contributed by atoms with Crippen LogP contribution in [0.3, 0.4) is 0 Å². The van der Waals surface area contributed by atoms with Crippen molar-refractivity contribution in [2.24, 2.45) is 0 Å². The third-order valence-corrected chi connectivity index (χ3v) is 7.67. The first-order chi connectivity index (χ1) is 17.5. The van der Waals surface area contributed by atoms with E-state index in [9.17, 15) is 14.3 Å². The molecule has 2 aliphatic heterocycles. The molecule has 2 aromatic carbocycles. The van der Waals surface area contributed by atoms with Gasteiger partial charge < -0.3 is 28.8 Å². The SMILES string of the molecule is COc1cc(C(=O)N2CCC3(CC2)Oc2cc(F)ccc2-n2cccc23)ccc1O[C@@H]1CCC[C@H]1O. The van der Waals surface area contributed by atoms with Crippen LogP contribution in [0, 0.1) is 5.82 Å². The third-order valence-electron chi connectivity index (χ3n) is 7.67. The average Bonchev–Trinajstić information content (AvgIpc) is 3.54. The lowest BCUT2D eigenvalue weighted by atomic mass is 9.86. The molecule has 2 fully saturated rings. The quantitative estimate of drug-likeness (QED) is 0.583. The number of carbonyl (C=O) groups excluding carboxylic acids is 1. The highest BCUT2D eigenvalue weighted by Gasteiger charge is 2.44. The van der Waals surface area contributed by atoms with Gasteiger partial charge in [0, 0.05) is 43.8 Å². The van der Waals surface area contributed by atoms with Gasteiger partial charge in [-0.15, -0.1) is 0 Å². The Morgan fingerprint density at radius 3 is 2.69 bits per heavy atom. The molecule has 1 aromatic heterocycles. The number of hydrogen-bond acceptors (Lipinski definition) is 5. The van der Waals surface area contributed by atoms with E-state index in [0.717, 1.165) is 30.6 Å². The van der Waals surface area contributed by atoms with Gasteiger partial charge in [0.15, 0.2) is 17.1 Å². The van der Waals surface area contributed by atoms with Crippen LogP contribution in [-0.2, 0) is 5.60 Å². The molecule has 1 saturated carbocycles. The normalized spacial score (nSPS) is 22.0. The number of methoxy groups -OCH3 is 1. The Bertz CT molecular complexity index is 1300. The van der Waals surface area contributed by atoms with Gasteiger partial charge in [0.2, 0.25) is 0 Å². The molecule has 0 bridgehead atoms. The number of nitrogens with zero attached hydrogens (tertiary/aromatic N) is 2. The summed E-state index contributed by atoms with van der Waals surface area (Å²) >= 11 is 0. The molecule has 1 amide bonds. The summed E-state index contributed by atoms with van der Waals surface area (Å²) in [4.78, 5) is 15.2. The van der Waals surface area contributed by atoms with Gasteiger partial charge in [-0.25, -0.2) is 4.39 Å². The van der Waals surface area contributed by atoms with Gasteiger partial charge in [0.25, 0.3) is 5.91 Å². The first-order valence-electron chi connectivity index (χ1n) is 12.5. The fourth-order valence-corrected chi connectivity index (χ4v) is 5.71. The van der Waals surface area contributed by atoms with Crippen LogP contribution in [0.15, 0.2) is 54.7 Å². The molecule has 7 nitrogen and oxygen atoms in total. The summed E-state index contributed by atoms with van der Waals surface area (Å²) in [5.41, 5.74) is 1.74. The summed E-state index contributed by atoms with van der Waals surface area (Å²) in [5.74, 6) is 1.09. The van der Waals surface area contributed by atoms with Crippen LogP contribution < -0.4 is 14.2 Å². The second kappa shape index (κ2) is 8.85. The van der Waals surface area contributed by atoms with E-state index in [1.54, 1.807) is 31.4 Å². The minimum absolute atomic E-state index is 0.0896. The number of rotatable bonds is 4. The lowest BCUT2D eigenvalue weighted by molar-refractivity contribution is -0.00951. The molecular formula is C28H29FN2O5. The maximum Gasteiger partial charge on any atom is 0.253 e. The average molecular weight is 493 g/mol. The molecule has 188 valence electrons. The Morgan fingerprint density at radius 2 is 1.94 bits per heavy atom. The van der Waals surface area contributed by atoms with E-state index in [-0.39, 0.29) is 17.8 Å². The largest absolute Gasteiger partial charge is 0.493 e. The molecule has 6 rings (SSSR count). The maximum absolute atomic E-state index is 14.0. The summed E-state index contributed by atoms with van der Waals surface area (Å²) in [6.45, 7) is 1.01. The first kappa shape index (κ1) is 22.9. The number of fused-ring (bicyclic) bond motifs is 4. The summed E-state index contributed by atoms with van der Waals surface area (Å²) in [6, 6.07) is 13.8. The van der Waals surface area contributed by atoms with Crippen molar-refractivity contribution in [3.8, 4) is 22.9 Å². The van der Waals surface area contributed by atoms with Gasteiger partial charge >= 0.3 is 0 Å². The zero-order chi connectivity index (χ0) is 24.9. The van der Waals surface area contributed by atoms with E-state index in [1.165, 1.54) is 12.1 Å². The van der Waals surface area contributed by atoms with Gasteiger partial charge in [-0.3, -0.25) is 4.79 Å². The molecule has 1 N–H and O–H groups in total. The Balaban J connectivity index is 1.19. The second-order valence-corrected chi connectivity index (χ2v) is 9.78. The van der Waals surface area contributed by atoms with Crippen molar-refractivity contribution in [3.63, 3.8) is 0 Å². The van der Waals surface area contributed by atoms with Crippen molar-refractivity contribution in [2.75, 3.05) is 20.2 Å². The van der Waals surface area contributed by atoms with Crippen LogP contribution in [0.4, 0.5) is 4.39 Å². The topological polar surface area (TPSA) is 73.2 Å². The molecule has 1 saturated heterocycles. The van der Waals surface area contributed by atoms with E-state index in [2.05, 4.69) is 4.57 Å². The Kier molecular flexibility index (Phi) is 5.63. The van der Waals surface area contributed by atoms with Crippen molar-refractivity contribution >= 4 is 5.91 Å². The predicted molar refractivity (Wildman–Crippen MR) is 130 cm³/mol. The molecule has 2 atom stereocenters. The smallest absolute Gasteiger partial charge is 0.253 e. The molecular weight excluding hydrogens is 463 g/mol. The van der Waals surface area contributed by atoms with Gasteiger partial charge in [-0.1, -0.05) is 0 Å². The van der Waals surface area contributed by atoms with Crippen molar-refractivity contribution in [2.45, 2.75) is 49.9 Å². The van der Waals surface area contributed by atoms with E-state index in [1.807, 2.05) is 23.2 Å². The molecule has 1 spiro atoms. The number of halogens is 1. The number of piperidine rings is 1. The monoisotopic (exact) mass is 492 g/mol. The molecule has 1 aliphatic carbocycles. The lowest BCUT2D eigenvalue weighted by Gasteiger charge is -2.45. The Hall–Kier alpha value is -3.52. The number of benzene rings is 2. The zero-order valence-corrected chi connectivity index (χ0v) is 20.2. The van der Waals surface area contributed by atoms with Crippen molar-refractivity contribution in [1.82, 2.24) is 9.47 Å². The van der Waals surface area contributed by atoms with Crippen molar-refractivity contribution < 1.29 is 28.5 Å². The van der Waals surface area contributed by atoms with Gasteiger partial charge in [-0.2, -0.15) is 0 Å². The highest BCUT2D eigenvalue weighted by Crippen LogP contribution is 2.45. The minimum Gasteiger partial charge on any atom is -0.493 e. The number of aliphatic hydroxyl groups is 1. The predicted octanol–water partition coefficient (Wildman–Crippen LogP) is 4.44. The van der Waals surface area contributed by atoms with Crippen LogP contribution in [0.5, 0.6) is 17.2 Å². The summed E-state index contributed by atoms with van der Waals surface area (Å²) in [6.07, 6.45) is 4.87. The van der Waals surface area contributed by atoms with Crippen molar-refractivity contribution in [3.05, 3.63) is 71.8 Å². The molecule has 3 aromatic rings. The highest BCUT2D eigenvalue weighted by molar-refractivity contribution is 5.95. The van der Waals surface area contributed by atoms with Gasteiger partial charge in [0.1, 0.15) is 17.7 Å². The van der Waals surface area contributed by atoms with E-state index in [4.69, 9.17) is 14.2 Å². The lowest BCUT2D eigenvalue weighted by Crippen LogP contribution is -2.50. The summed E-state index contributed by atoms with van der Waals surface area (Å²) in [5, 5.41) is 10.1. The van der Waals surface area contributed by atoms with Crippen LogP contribution >= 0.6 is 0 Å². The fourth-order valence-electron chi connectivity index (χ4n) is 5.71. The van der Waals surface area contributed by atoms with E-state index < -0.39 is 11.7 Å². The number of likely N-dealkylation sites (tertiary alicyclic amines) is 1. The molecule has 0 unspecified atom stereocenters. The minimum atomic E-state index is -0.613. The molecule has 36 heavy (non-hydrogen) atoms. The molecule has 0 radical (unpaired) electrons. The second-order valence-electron chi connectivity index (χ2n) is 9.78. The summed E-state index contributed by atoms with van der Waals surface area (Å²) in [7, 11) is 1.54. The number of amides is 1. The third kappa shape index (κ3) is 3.80. The van der Waals surface area contributed by atoms with Crippen LogP contribution in [0.1, 0.15) is 48.2 Å². The van der Waals surface area contributed by atoms with Gasteiger partial charge in [-0.05, 0) is 61.7 Å². The van der Waals surface area contributed by atoms with Crippen molar-refractivity contribution in [1.29, 1.82) is 0 Å². The standard InChI is InChI=1S/C28H29FN2O5/c1-34-25-16-18(7-10-23(25)35-22-5-2-4-21(22)32)27(33)30-14-11-28(12-15-30)26-6-3-13-31(26)20-9-8-19(29)17-24(20)36-28/h3,6-10,13,16-17,21-22,32H,2,4-5,11-12,14-15H2,1H3/t21-,22-/m1/s1. The van der Waals surface area contributed by atoms with E-state index >= 15 is 0 Å². The molecule has 3 aliphatic rings. The van der Waals surface area contributed by atoms with Crippen LogP contribution in [-0.4, -0.2) is 52.9 Å². The van der Waals surface area contributed by atoms with E-state index in [0.29, 0.717) is 48.7 Å². The molecule has 3 heterocycles. The number of hydrogen-bond donors (Lipinski definition) is 1. The highest BCUT2D eigenvalue weighted by atomic mass is 19.1. The zero-order valence-electron chi connectivity index (χ0n) is 20.2.